The zero-order valence-corrected chi connectivity index (χ0v) is 11.1. The third kappa shape index (κ3) is 2.59. The second kappa shape index (κ2) is 5.46. The lowest BCUT2D eigenvalue weighted by Crippen LogP contribution is -2.14. The van der Waals surface area contributed by atoms with E-state index < -0.39 is 0 Å². The van der Waals surface area contributed by atoms with E-state index in [1.165, 1.54) is 0 Å². The maximum Gasteiger partial charge on any atom is 0.170 e. The molecule has 6 nitrogen and oxygen atoms in total. The molecule has 2 heterocycles. The Morgan fingerprint density at radius 3 is 2.71 bits per heavy atom. The van der Waals surface area contributed by atoms with Gasteiger partial charge in [0.25, 0.3) is 0 Å². The van der Waals surface area contributed by atoms with Crippen LogP contribution in [0, 0.1) is 0 Å². The maximum absolute atomic E-state index is 8.72. The quantitative estimate of drug-likeness (QED) is 0.332. The van der Waals surface area contributed by atoms with Gasteiger partial charge in [-0.2, -0.15) is 5.10 Å². The summed E-state index contributed by atoms with van der Waals surface area (Å²) in [6.45, 7) is 0. The van der Waals surface area contributed by atoms with Crippen LogP contribution in [0.15, 0.2) is 66.2 Å². The Morgan fingerprint density at radius 2 is 1.95 bits per heavy atom. The largest absolute Gasteiger partial charge is 0.409 e. The molecule has 0 unspecified atom stereocenters. The predicted octanol–water partition coefficient (Wildman–Crippen LogP) is 2.03. The molecule has 0 saturated carbocycles. The summed E-state index contributed by atoms with van der Waals surface area (Å²) < 4.78 is 1.65. The van der Waals surface area contributed by atoms with Gasteiger partial charge in [-0.3, -0.25) is 0 Å². The number of hydrogen-bond acceptors (Lipinski definition) is 4. The van der Waals surface area contributed by atoms with Crippen molar-refractivity contribution in [2.45, 2.75) is 0 Å². The Balaban J connectivity index is 1.97. The van der Waals surface area contributed by atoms with Crippen LogP contribution in [0.3, 0.4) is 0 Å². The second-order valence-electron chi connectivity index (χ2n) is 4.43. The molecule has 0 atom stereocenters. The molecule has 2 aromatic heterocycles. The Bertz CT molecular complexity index is 780. The number of rotatable bonds is 3. The lowest BCUT2D eigenvalue weighted by atomic mass is 10.1. The monoisotopic (exact) mass is 279 g/mol. The third-order valence-corrected chi connectivity index (χ3v) is 3.07. The number of nitrogens with two attached hydrogens (primary N) is 1. The summed E-state index contributed by atoms with van der Waals surface area (Å²) >= 11 is 0. The van der Waals surface area contributed by atoms with Crippen LogP contribution in [0.1, 0.15) is 5.56 Å². The summed E-state index contributed by atoms with van der Waals surface area (Å²) in [7, 11) is 0. The minimum absolute atomic E-state index is 0.0362. The van der Waals surface area contributed by atoms with Gasteiger partial charge in [0.1, 0.15) is 0 Å². The van der Waals surface area contributed by atoms with Crippen molar-refractivity contribution in [3.63, 3.8) is 0 Å². The van der Waals surface area contributed by atoms with E-state index in [1.807, 2.05) is 36.5 Å². The van der Waals surface area contributed by atoms with Crippen molar-refractivity contribution < 1.29 is 5.21 Å². The normalized spacial score (nSPS) is 11.5. The van der Waals surface area contributed by atoms with Crippen LogP contribution in [0.25, 0.3) is 16.9 Å². The van der Waals surface area contributed by atoms with Crippen molar-refractivity contribution in [1.82, 2.24) is 14.8 Å². The van der Waals surface area contributed by atoms with Crippen molar-refractivity contribution >= 4 is 5.84 Å². The number of amidine groups is 1. The fourth-order valence-corrected chi connectivity index (χ4v) is 1.99. The first-order chi connectivity index (χ1) is 10.3. The first kappa shape index (κ1) is 12.9. The van der Waals surface area contributed by atoms with E-state index >= 15 is 0 Å². The van der Waals surface area contributed by atoms with E-state index in [0.717, 1.165) is 11.1 Å². The van der Waals surface area contributed by atoms with Crippen LogP contribution in [0.4, 0.5) is 0 Å². The average Bonchev–Trinajstić information content (AvgIpc) is 3.05. The molecule has 0 bridgehead atoms. The van der Waals surface area contributed by atoms with Crippen molar-refractivity contribution in [1.29, 1.82) is 0 Å². The van der Waals surface area contributed by atoms with Crippen molar-refractivity contribution in [2.24, 2.45) is 10.9 Å². The van der Waals surface area contributed by atoms with Crippen LogP contribution in [0.2, 0.25) is 0 Å². The molecule has 0 radical (unpaired) electrons. The minimum Gasteiger partial charge on any atom is -0.409 e. The summed E-state index contributed by atoms with van der Waals surface area (Å²) in [6.07, 6.45) is 5.24. The number of nitrogens with zero attached hydrogens (tertiary/aromatic N) is 4. The van der Waals surface area contributed by atoms with E-state index in [1.54, 1.807) is 29.2 Å². The molecule has 3 aromatic rings. The predicted molar refractivity (Wildman–Crippen MR) is 79.3 cm³/mol. The lowest BCUT2D eigenvalue weighted by Gasteiger charge is -2.03. The molecule has 0 spiro atoms. The van der Waals surface area contributed by atoms with Crippen molar-refractivity contribution in [2.75, 3.05) is 0 Å². The van der Waals surface area contributed by atoms with E-state index in [9.17, 15) is 0 Å². The Kier molecular flexibility index (Phi) is 3.34. The van der Waals surface area contributed by atoms with Gasteiger partial charge in [-0.15, -0.1) is 0 Å². The minimum atomic E-state index is 0.0362. The second-order valence-corrected chi connectivity index (χ2v) is 4.43. The van der Waals surface area contributed by atoms with Gasteiger partial charge in [0.15, 0.2) is 11.7 Å². The molecule has 1 aromatic carbocycles. The smallest absolute Gasteiger partial charge is 0.170 e. The molecule has 0 aliphatic rings. The van der Waals surface area contributed by atoms with Gasteiger partial charge >= 0.3 is 0 Å². The number of pyridine rings is 1. The van der Waals surface area contributed by atoms with Gasteiger partial charge in [-0.25, -0.2) is 9.67 Å². The van der Waals surface area contributed by atoms with E-state index in [-0.39, 0.29) is 5.84 Å². The van der Waals surface area contributed by atoms with Gasteiger partial charge in [0.2, 0.25) is 0 Å². The molecule has 104 valence electrons. The third-order valence-electron chi connectivity index (χ3n) is 3.07. The van der Waals surface area contributed by atoms with Crippen molar-refractivity contribution in [3.8, 4) is 16.9 Å². The highest BCUT2D eigenvalue weighted by molar-refractivity contribution is 5.97. The van der Waals surface area contributed by atoms with Crippen LogP contribution in [-0.2, 0) is 0 Å². The fraction of sp³-hybridized carbons (Fsp3) is 0. The molecule has 21 heavy (non-hydrogen) atoms. The number of benzene rings is 1. The SMILES string of the molecule is NC(=NO)c1ccnc(-n2cc(-c3ccccc3)cn2)c1. The fourth-order valence-electron chi connectivity index (χ4n) is 1.99. The molecule has 0 aliphatic heterocycles. The number of oxime groups is 1. The van der Waals surface area contributed by atoms with Gasteiger partial charge in [-0.05, 0) is 17.7 Å². The van der Waals surface area contributed by atoms with Gasteiger partial charge in [-0.1, -0.05) is 35.5 Å². The highest BCUT2D eigenvalue weighted by Crippen LogP contribution is 2.19. The first-order valence-electron chi connectivity index (χ1n) is 6.32. The molecular formula is C15H13N5O. The molecule has 0 aliphatic carbocycles. The van der Waals surface area contributed by atoms with Crippen LogP contribution >= 0.6 is 0 Å². The molecule has 3 N–H and O–H groups in total. The molecule has 0 fully saturated rings. The topological polar surface area (TPSA) is 89.3 Å². The Labute approximate surface area is 121 Å². The van der Waals surface area contributed by atoms with Gasteiger partial charge < -0.3 is 10.9 Å². The lowest BCUT2D eigenvalue weighted by molar-refractivity contribution is 0.318. The molecular weight excluding hydrogens is 266 g/mol. The highest BCUT2D eigenvalue weighted by atomic mass is 16.4. The summed E-state index contributed by atoms with van der Waals surface area (Å²) in [5.41, 5.74) is 8.23. The first-order valence-corrected chi connectivity index (χ1v) is 6.32. The molecule has 0 amide bonds. The average molecular weight is 279 g/mol. The Morgan fingerprint density at radius 1 is 1.14 bits per heavy atom. The van der Waals surface area contributed by atoms with Crippen LogP contribution in [0.5, 0.6) is 0 Å². The van der Waals surface area contributed by atoms with Gasteiger partial charge in [0.05, 0.1) is 6.20 Å². The zero-order chi connectivity index (χ0) is 14.7. The number of hydrogen-bond donors (Lipinski definition) is 2. The van der Waals surface area contributed by atoms with E-state index in [4.69, 9.17) is 10.9 Å². The summed E-state index contributed by atoms with van der Waals surface area (Å²) in [5, 5.41) is 16.0. The van der Waals surface area contributed by atoms with Crippen LogP contribution < -0.4 is 5.73 Å². The number of aromatic nitrogens is 3. The van der Waals surface area contributed by atoms with E-state index in [0.29, 0.717) is 11.4 Å². The molecule has 3 rings (SSSR count). The molecule has 0 saturated heterocycles. The van der Waals surface area contributed by atoms with Crippen molar-refractivity contribution in [3.05, 3.63) is 66.6 Å². The highest BCUT2D eigenvalue weighted by Gasteiger charge is 2.06. The maximum atomic E-state index is 8.72. The Hall–Kier alpha value is -3.15. The van der Waals surface area contributed by atoms with Gasteiger partial charge in [0, 0.05) is 23.5 Å². The summed E-state index contributed by atoms with van der Waals surface area (Å²) in [4.78, 5) is 4.24. The summed E-state index contributed by atoms with van der Waals surface area (Å²) in [5.74, 6) is 0.635. The van der Waals surface area contributed by atoms with E-state index in [2.05, 4.69) is 15.2 Å². The zero-order valence-electron chi connectivity index (χ0n) is 11.1. The van der Waals surface area contributed by atoms with Crippen LogP contribution in [-0.4, -0.2) is 25.8 Å². The summed E-state index contributed by atoms with van der Waals surface area (Å²) in [6, 6.07) is 13.3. The molecule has 6 heteroatoms. The standard InChI is InChI=1S/C15H13N5O/c16-15(19-21)12-6-7-17-14(8-12)20-10-13(9-18-20)11-4-2-1-3-5-11/h1-10,21H,(H2,16,19).